The number of hydrogen-bond donors (Lipinski definition) is 0. The van der Waals surface area contributed by atoms with Crippen LogP contribution in [0.1, 0.15) is 40.0 Å². The third-order valence-electron chi connectivity index (χ3n) is 4.20. The van der Waals surface area contributed by atoms with E-state index < -0.39 is 18.6 Å². The molecule has 0 aliphatic heterocycles. The van der Waals surface area contributed by atoms with E-state index in [0.29, 0.717) is 11.1 Å². The summed E-state index contributed by atoms with van der Waals surface area (Å²) in [6.45, 7) is 10.1. The van der Waals surface area contributed by atoms with E-state index in [4.69, 9.17) is 17.7 Å². The summed E-state index contributed by atoms with van der Waals surface area (Å²) in [5.41, 5.74) is 1.07. The van der Waals surface area contributed by atoms with Crippen molar-refractivity contribution < 1.29 is 17.7 Å². The molecule has 0 N–H and O–H groups in total. The van der Waals surface area contributed by atoms with Crippen LogP contribution in [0, 0.1) is 0 Å². The summed E-state index contributed by atoms with van der Waals surface area (Å²) in [7, 11) is 4.08. The van der Waals surface area contributed by atoms with Gasteiger partial charge in [-0.3, -0.25) is 0 Å². The van der Waals surface area contributed by atoms with Crippen molar-refractivity contribution in [3.8, 4) is 0 Å². The fourth-order valence-corrected chi connectivity index (χ4v) is 5.90. The second-order valence-corrected chi connectivity index (χ2v) is 11.7. The molecule has 0 saturated heterocycles. The minimum absolute atomic E-state index is 0.534. The minimum atomic E-state index is -1.49. The van der Waals surface area contributed by atoms with Crippen molar-refractivity contribution in [3.05, 3.63) is 0 Å². The van der Waals surface area contributed by atoms with Crippen molar-refractivity contribution in [3.63, 3.8) is 0 Å². The van der Waals surface area contributed by atoms with Gasteiger partial charge in [0.1, 0.15) is 0 Å². The van der Waals surface area contributed by atoms with Crippen LogP contribution in [0.3, 0.4) is 0 Å². The van der Waals surface area contributed by atoms with E-state index in [9.17, 15) is 0 Å². The van der Waals surface area contributed by atoms with Crippen molar-refractivity contribution in [1.29, 1.82) is 0 Å². The number of hydrogen-bond acceptors (Lipinski definition) is 5. The highest BCUT2D eigenvalue weighted by atomic mass is 28.3. The van der Waals surface area contributed by atoms with Crippen LogP contribution in [0.15, 0.2) is 0 Å². The lowest BCUT2D eigenvalue weighted by Gasteiger charge is -2.27. The molecule has 0 spiro atoms. The molecule has 0 aromatic rings. The van der Waals surface area contributed by atoms with Crippen LogP contribution >= 0.6 is 0 Å². The SMILES string of the molecule is CCCN(CCC(C)[SiH](OC)OC)CCC(C)[SiH](OC)OC. The van der Waals surface area contributed by atoms with E-state index in [0.717, 1.165) is 32.5 Å². The van der Waals surface area contributed by atoms with Gasteiger partial charge in [-0.15, -0.1) is 0 Å². The van der Waals surface area contributed by atoms with Crippen molar-refractivity contribution >= 4 is 18.6 Å². The van der Waals surface area contributed by atoms with E-state index in [1.54, 1.807) is 28.4 Å². The molecule has 0 aromatic carbocycles. The average Bonchev–Trinajstić information content (AvgIpc) is 2.52. The molecule has 0 amide bonds. The Morgan fingerprint density at radius 2 is 1.09 bits per heavy atom. The molecule has 7 heteroatoms. The van der Waals surface area contributed by atoms with Crippen molar-refractivity contribution in [2.24, 2.45) is 0 Å². The quantitative estimate of drug-likeness (QED) is 0.449. The number of rotatable bonds is 14. The molecule has 0 radical (unpaired) electrons. The first-order valence-corrected chi connectivity index (χ1v) is 11.6. The molecule has 2 unspecified atom stereocenters. The van der Waals surface area contributed by atoms with Gasteiger partial charge in [-0.2, -0.15) is 0 Å². The Morgan fingerprint density at radius 1 is 0.727 bits per heavy atom. The van der Waals surface area contributed by atoms with Gasteiger partial charge in [0, 0.05) is 28.4 Å². The van der Waals surface area contributed by atoms with Crippen molar-refractivity contribution in [1.82, 2.24) is 4.90 Å². The Morgan fingerprint density at radius 3 is 1.36 bits per heavy atom. The topological polar surface area (TPSA) is 40.2 Å². The van der Waals surface area contributed by atoms with Gasteiger partial charge in [-0.25, -0.2) is 0 Å². The first-order chi connectivity index (χ1) is 10.5. The highest BCUT2D eigenvalue weighted by molar-refractivity contribution is 6.46. The lowest BCUT2D eigenvalue weighted by Crippen LogP contribution is -2.33. The van der Waals surface area contributed by atoms with Crippen LogP contribution in [-0.4, -0.2) is 71.5 Å². The normalized spacial score (nSPS) is 15.0. The molecule has 22 heavy (non-hydrogen) atoms. The maximum Gasteiger partial charge on any atom is 0.323 e. The summed E-state index contributed by atoms with van der Waals surface area (Å²) >= 11 is 0. The molecule has 0 bridgehead atoms. The Labute approximate surface area is 141 Å². The average molecular weight is 352 g/mol. The predicted octanol–water partition coefficient (Wildman–Crippen LogP) is 2.29. The maximum absolute atomic E-state index is 5.48. The zero-order chi connectivity index (χ0) is 17.0. The Balaban J connectivity index is 4.25. The first kappa shape index (κ1) is 22.2. The minimum Gasteiger partial charge on any atom is -0.400 e. The summed E-state index contributed by atoms with van der Waals surface area (Å²) in [6.07, 6.45) is 3.47. The summed E-state index contributed by atoms with van der Waals surface area (Å²) in [5.74, 6) is 0. The summed E-state index contributed by atoms with van der Waals surface area (Å²) < 4.78 is 21.9. The molecule has 5 nitrogen and oxygen atoms in total. The Bertz CT molecular complexity index is 232. The first-order valence-electron chi connectivity index (χ1n) is 8.37. The van der Waals surface area contributed by atoms with Gasteiger partial charge in [0.15, 0.2) is 0 Å². The van der Waals surface area contributed by atoms with E-state index in [1.165, 1.54) is 6.42 Å². The second-order valence-electron chi connectivity index (χ2n) is 6.05. The van der Waals surface area contributed by atoms with Crippen LogP contribution < -0.4 is 0 Å². The van der Waals surface area contributed by atoms with Gasteiger partial charge in [-0.05, 0) is 50.0 Å². The van der Waals surface area contributed by atoms with Crippen molar-refractivity contribution in [2.75, 3.05) is 48.1 Å². The van der Waals surface area contributed by atoms with Crippen LogP contribution in [0.2, 0.25) is 11.1 Å². The third-order valence-corrected chi connectivity index (χ3v) is 8.58. The second kappa shape index (κ2) is 13.7. The van der Waals surface area contributed by atoms with Gasteiger partial charge in [-0.1, -0.05) is 20.8 Å². The predicted molar refractivity (Wildman–Crippen MR) is 97.1 cm³/mol. The molecule has 0 heterocycles. The zero-order valence-electron chi connectivity index (χ0n) is 15.6. The molecule has 0 aliphatic rings. The molecule has 0 fully saturated rings. The Hall–Kier alpha value is 0.234. The van der Waals surface area contributed by atoms with Gasteiger partial charge in [0.2, 0.25) is 0 Å². The Kier molecular flexibility index (Phi) is 13.8. The van der Waals surface area contributed by atoms with Gasteiger partial charge < -0.3 is 22.6 Å². The highest BCUT2D eigenvalue weighted by Gasteiger charge is 2.22. The van der Waals surface area contributed by atoms with E-state index >= 15 is 0 Å². The smallest absolute Gasteiger partial charge is 0.323 e. The zero-order valence-corrected chi connectivity index (χ0v) is 17.9. The van der Waals surface area contributed by atoms with Crippen molar-refractivity contribution in [2.45, 2.75) is 51.1 Å². The fraction of sp³-hybridized carbons (Fsp3) is 1.00. The molecule has 0 aliphatic carbocycles. The third kappa shape index (κ3) is 8.76. The summed E-state index contributed by atoms with van der Waals surface area (Å²) in [6, 6.07) is 0. The van der Waals surface area contributed by atoms with E-state index in [2.05, 4.69) is 25.7 Å². The van der Waals surface area contributed by atoms with Gasteiger partial charge in [0.05, 0.1) is 0 Å². The monoisotopic (exact) mass is 351 g/mol. The molecule has 0 saturated carbocycles. The number of nitrogens with zero attached hydrogens (tertiary/aromatic N) is 1. The van der Waals surface area contributed by atoms with Gasteiger partial charge in [0.25, 0.3) is 0 Å². The summed E-state index contributed by atoms with van der Waals surface area (Å²) in [4.78, 5) is 2.56. The van der Waals surface area contributed by atoms with Crippen LogP contribution in [-0.2, 0) is 17.7 Å². The van der Waals surface area contributed by atoms with E-state index in [1.807, 2.05) is 0 Å². The summed E-state index contributed by atoms with van der Waals surface area (Å²) in [5, 5.41) is 0. The molecular formula is C15H37NO4Si2. The molecule has 2 atom stereocenters. The van der Waals surface area contributed by atoms with Gasteiger partial charge >= 0.3 is 18.6 Å². The highest BCUT2D eigenvalue weighted by Crippen LogP contribution is 2.19. The van der Waals surface area contributed by atoms with E-state index in [-0.39, 0.29) is 0 Å². The largest absolute Gasteiger partial charge is 0.400 e. The maximum atomic E-state index is 5.48. The van der Waals surface area contributed by atoms with Crippen LogP contribution in [0.5, 0.6) is 0 Å². The fourth-order valence-electron chi connectivity index (χ4n) is 2.82. The lowest BCUT2D eigenvalue weighted by molar-refractivity contribution is 0.231. The molecule has 0 rings (SSSR count). The lowest BCUT2D eigenvalue weighted by atomic mass is 10.2. The van der Waals surface area contributed by atoms with Crippen LogP contribution in [0.25, 0.3) is 0 Å². The van der Waals surface area contributed by atoms with Crippen LogP contribution in [0.4, 0.5) is 0 Å². The molecule has 0 aromatic heterocycles. The molecule has 134 valence electrons. The standard InChI is InChI=1S/C15H37NO4Si2/c1-8-11-16(12-9-14(2)21(17-4)18-5)13-10-15(3)22(19-6)20-7/h14-15,21-22H,8-13H2,1-7H3. The molecular weight excluding hydrogens is 314 g/mol.